The van der Waals surface area contributed by atoms with Crippen LogP contribution < -0.4 is 5.32 Å². The number of hydrogen-bond donors (Lipinski definition) is 2. The maximum Gasteiger partial charge on any atom is 0.317 e. The fourth-order valence-corrected chi connectivity index (χ4v) is 3.41. The highest BCUT2D eigenvalue weighted by Gasteiger charge is 2.21. The lowest BCUT2D eigenvalue weighted by Gasteiger charge is -2.33. The minimum atomic E-state index is -0.828. The van der Waals surface area contributed by atoms with Gasteiger partial charge in [0.05, 0.1) is 13.1 Å². The molecule has 6 nitrogen and oxygen atoms in total. The van der Waals surface area contributed by atoms with Gasteiger partial charge < -0.3 is 15.3 Å². The number of carboxylic acid groups (broad SMARTS) is 1. The first-order chi connectivity index (χ1) is 9.54. The number of carbonyl (C=O) groups is 2. The molecule has 0 bridgehead atoms. The Hall–Kier alpha value is -1.12. The Morgan fingerprint density at radius 3 is 2.60 bits per heavy atom. The van der Waals surface area contributed by atoms with Crippen molar-refractivity contribution in [2.24, 2.45) is 0 Å². The monoisotopic (exact) mass is 361 g/mol. The third kappa shape index (κ3) is 4.46. The van der Waals surface area contributed by atoms with Gasteiger partial charge in [0.25, 0.3) is 0 Å². The standard InChI is InChI=1S/C12H16BrN3O3S/c13-9-5-10(20-8-9)6-14-12(19)16-3-1-15(2-4-16)7-11(17)18/h5,8H,1-4,6-7H2,(H,14,19)(H,17,18). The number of amides is 2. The molecule has 1 aromatic rings. The smallest absolute Gasteiger partial charge is 0.317 e. The molecule has 8 heteroatoms. The third-order valence-corrected chi connectivity index (χ3v) is 4.75. The molecule has 0 unspecified atom stereocenters. The topological polar surface area (TPSA) is 72.9 Å². The minimum absolute atomic E-state index is 0.0404. The van der Waals surface area contributed by atoms with Gasteiger partial charge in [-0.25, -0.2) is 4.79 Å². The summed E-state index contributed by atoms with van der Waals surface area (Å²) in [5, 5.41) is 13.6. The van der Waals surface area contributed by atoms with E-state index in [0.29, 0.717) is 32.7 Å². The van der Waals surface area contributed by atoms with E-state index < -0.39 is 5.97 Å². The molecule has 2 amide bonds. The Labute approximate surface area is 129 Å². The van der Waals surface area contributed by atoms with E-state index in [4.69, 9.17) is 5.11 Å². The van der Waals surface area contributed by atoms with Crippen molar-refractivity contribution < 1.29 is 14.7 Å². The third-order valence-electron chi connectivity index (χ3n) is 3.05. The van der Waals surface area contributed by atoms with Crippen molar-refractivity contribution in [1.29, 1.82) is 0 Å². The highest BCUT2D eigenvalue weighted by Crippen LogP contribution is 2.19. The molecule has 0 atom stereocenters. The van der Waals surface area contributed by atoms with Crippen LogP contribution in [-0.2, 0) is 11.3 Å². The van der Waals surface area contributed by atoms with E-state index in [-0.39, 0.29) is 12.6 Å². The molecule has 110 valence electrons. The quantitative estimate of drug-likeness (QED) is 0.850. The van der Waals surface area contributed by atoms with Gasteiger partial charge >= 0.3 is 12.0 Å². The number of urea groups is 1. The van der Waals surface area contributed by atoms with E-state index in [9.17, 15) is 9.59 Å². The van der Waals surface area contributed by atoms with Crippen molar-refractivity contribution >= 4 is 39.3 Å². The highest BCUT2D eigenvalue weighted by molar-refractivity contribution is 9.10. The largest absolute Gasteiger partial charge is 0.480 e. The number of piperazine rings is 1. The predicted molar refractivity (Wildman–Crippen MR) is 79.9 cm³/mol. The Morgan fingerprint density at radius 1 is 1.35 bits per heavy atom. The van der Waals surface area contributed by atoms with Gasteiger partial charge in [-0.3, -0.25) is 9.69 Å². The summed E-state index contributed by atoms with van der Waals surface area (Å²) in [5.41, 5.74) is 0. The number of hydrogen-bond acceptors (Lipinski definition) is 4. The van der Waals surface area contributed by atoms with Crippen LogP contribution in [0.2, 0.25) is 0 Å². The molecular formula is C12H16BrN3O3S. The lowest BCUT2D eigenvalue weighted by atomic mass is 10.3. The van der Waals surface area contributed by atoms with Gasteiger partial charge in [-0.1, -0.05) is 0 Å². The van der Waals surface area contributed by atoms with E-state index in [1.807, 2.05) is 16.3 Å². The van der Waals surface area contributed by atoms with Crippen LogP contribution in [0.25, 0.3) is 0 Å². The lowest BCUT2D eigenvalue weighted by molar-refractivity contribution is -0.138. The average Bonchev–Trinajstić information content (AvgIpc) is 2.82. The first kappa shape index (κ1) is 15.3. The number of aliphatic carboxylic acids is 1. The molecule has 1 saturated heterocycles. The zero-order valence-corrected chi connectivity index (χ0v) is 13.2. The molecule has 0 radical (unpaired) electrons. The molecular weight excluding hydrogens is 346 g/mol. The number of carboxylic acids is 1. The maximum atomic E-state index is 12.0. The molecule has 0 aliphatic carbocycles. The van der Waals surface area contributed by atoms with E-state index in [1.165, 1.54) is 0 Å². The number of carbonyl (C=O) groups excluding carboxylic acids is 1. The number of thiophene rings is 1. The molecule has 0 saturated carbocycles. The number of nitrogens with one attached hydrogen (secondary N) is 1. The first-order valence-corrected chi connectivity index (χ1v) is 7.91. The minimum Gasteiger partial charge on any atom is -0.480 e. The molecule has 1 fully saturated rings. The van der Waals surface area contributed by atoms with Crippen LogP contribution in [0.3, 0.4) is 0 Å². The molecule has 2 rings (SSSR count). The second-order valence-corrected chi connectivity index (χ2v) is 6.46. The van der Waals surface area contributed by atoms with E-state index >= 15 is 0 Å². The van der Waals surface area contributed by atoms with Crippen molar-refractivity contribution in [3.8, 4) is 0 Å². The zero-order valence-electron chi connectivity index (χ0n) is 10.8. The Kier molecular flexibility index (Phi) is 5.38. The van der Waals surface area contributed by atoms with Crippen molar-refractivity contribution in [2.75, 3.05) is 32.7 Å². The number of rotatable bonds is 4. The van der Waals surface area contributed by atoms with Crippen LogP contribution in [0.4, 0.5) is 4.79 Å². The zero-order chi connectivity index (χ0) is 14.5. The summed E-state index contributed by atoms with van der Waals surface area (Å²) in [6, 6.07) is 1.89. The molecule has 1 aliphatic rings. The summed E-state index contributed by atoms with van der Waals surface area (Å²) >= 11 is 4.97. The fraction of sp³-hybridized carbons (Fsp3) is 0.500. The van der Waals surface area contributed by atoms with E-state index in [1.54, 1.807) is 16.2 Å². The summed E-state index contributed by atoms with van der Waals surface area (Å²) in [6.07, 6.45) is 0. The van der Waals surface area contributed by atoms with Crippen molar-refractivity contribution in [3.63, 3.8) is 0 Å². The van der Waals surface area contributed by atoms with E-state index in [2.05, 4.69) is 21.2 Å². The summed E-state index contributed by atoms with van der Waals surface area (Å²) < 4.78 is 1.02. The molecule has 1 aromatic heterocycles. The van der Waals surface area contributed by atoms with Crippen LogP contribution >= 0.6 is 27.3 Å². The van der Waals surface area contributed by atoms with Crippen LogP contribution in [0.15, 0.2) is 15.9 Å². The summed E-state index contributed by atoms with van der Waals surface area (Å²) in [4.78, 5) is 27.2. The van der Waals surface area contributed by atoms with Gasteiger partial charge in [-0.15, -0.1) is 11.3 Å². The normalized spacial score (nSPS) is 16.1. The maximum absolute atomic E-state index is 12.0. The second kappa shape index (κ2) is 7.05. The predicted octanol–water partition coefficient (Wildman–Crippen LogP) is 1.42. The van der Waals surface area contributed by atoms with Crippen molar-refractivity contribution in [1.82, 2.24) is 15.1 Å². The van der Waals surface area contributed by atoms with Crippen molar-refractivity contribution in [2.45, 2.75) is 6.54 Å². The van der Waals surface area contributed by atoms with Gasteiger partial charge in [0.15, 0.2) is 0 Å². The number of nitrogens with zero attached hydrogens (tertiary/aromatic N) is 2. The average molecular weight is 362 g/mol. The number of halogens is 1. The Morgan fingerprint density at radius 2 is 2.05 bits per heavy atom. The Balaban J connectivity index is 1.73. The highest BCUT2D eigenvalue weighted by atomic mass is 79.9. The van der Waals surface area contributed by atoms with Crippen molar-refractivity contribution in [3.05, 3.63) is 20.8 Å². The molecule has 1 aliphatic heterocycles. The summed E-state index contributed by atoms with van der Waals surface area (Å²) in [7, 11) is 0. The van der Waals surface area contributed by atoms with Gasteiger partial charge in [0.2, 0.25) is 0 Å². The van der Waals surface area contributed by atoms with Gasteiger partial charge in [-0.2, -0.15) is 0 Å². The SMILES string of the molecule is O=C(O)CN1CCN(C(=O)NCc2cc(Br)cs2)CC1. The van der Waals surface area contributed by atoms with Gasteiger partial charge in [0.1, 0.15) is 0 Å². The first-order valence-electron chi connectivity index (χ1n) is 6.24. The summed E-state index contributed by atoms with van der Waals surface area (Å²) in [5.74, 6) is -0.828. The molecule has 2 heterocycles. The molecule has 0 spiro atoms. The van der Waals surface area contributed by atoms with Crippen LogP contribution in [0.5, 0.6) is 0 Å². The van der Waals surface area contributed by atoms with Gasteiger partial charge in [-0.05, 0) is 22.0 Å². The lowest BCUT2D eigenvalue weighted by Crippen LogP contribution is -2.52. The molecule has 20 heavy (non-hydrogen) atoms. The second-order valence-electron chi connectivity index (χ2n) is 4.55. The van der Waals surface area contributed by atoms with Crippen LogP contribution in [0, 0.1) is 0 Å². The molecule has 2 N–H and O–H groups in total. The Bertz CT molecular complexity index is 486. The van der Waals surface area contributed by atoms with Crippen LogP contribution in [0.1, 0.15) is 4.88 Å². The van der Waals surface area contributed by atoms with Gasteiger partial charge in [0, 0.05) is 40.9 Å². The summed E-state index contributed by atoms with van der Waals surface area (Å²) in [6.45, 7) is 2.89. The van der Waals surface area contributed by atoms with E-state index in [0.717, 1.165) is 9.35 Å². The van der Waals surface area contributed by atoms with Crippen LogP contribution in [-0.4, -0.2) is 59.6 Å². The molecule has 0 aromatic carbocycles. The fourth-order valence-electron chi connectivity index (χ4n) is 2.02.